The van der Waals surface area contributed by atoms with Gasteiger partial charge in [0.15, 0.2) is 11.5 Å². The first-order chi connectivity index (χ1) is 13.5. The number of aryl methyl sites for hydroxylation is 2. The molecule has 0 radical (unpaired) electrons. The van der Waals surface area contributed by atoms with E-state index >= 15 is 0 Å². The Hall–Kier alpha value is -3.02. The molecule has 0 saturated carbocycles. The van der Waals surface area contributed by atoms with Crippen molar-refractivity contribution in [2.75, 3.05) is 18.6 Å². The van der Waals surface area contributed by atoms with Crippen molar-refractivity contribution in [3.63, 3.8) is 0 Å². The Bertz CT molecular complexity index is 925. The van der Waals surface area contributed by atoms with Gasteiger partial charge in [-0.1, -0.05) is 12.1 Å². The number of benzene rings is 2. The van der Waals surface area contributed by atoms with E-state index in [1.807, 2.05) is 6.07 Å². The summed E-state index contributed by atoms with van der Waals surface area (Å²) in [5.74, 6) is -0.0808. The number of hydrogen-bond acceptors (Lipinski definition) is 4. The lowest BCUT2D eigenvalue weighted by atomic mass is 10.1. The summed E-state index contributed by atoms with van der Waals surface area (Å²) < 4.78 is 5.09. The molecule has 2 aliphatic rings. The van der Waals surface area contributed by atoms with Crippen molar-refractivity contribution in [2.45, 2.75) is 32.2 Å². The minimum atomic E-state index is -0.361. The van der Waals surface area contributed by atoms with Gasteiger partial charge in [-0.3, -0.25) is 9.59 Å². The lowest BCUT2D eigenvalue weighted by Gasteiger charge is -2.18. The first kappa shape index (κ1) is 18.3. The molecule has 4 rings (SSSR count). The number of rotatable bonds is 5. The fourth-order valence-corrected chi connectivity index (χ4v) is 4.02. The highest BCUT2D eigenvalue weighted by Crippen LogP contribution is 2.31. The predicted octanol–water partition coefficient (Wildman–Crippen LogP) is 2.56. The molecular weight excluding hydrogens is 356 g/mol. The van der Waals surface area contributed by atoms with E-state index in [0.717, 1.165) is 24.1 Å². The van der Waals surface area contributed by atoms with Gasteiger partial charge < -0.3 is 20.1 Å². The van der Waals surface area contributed by atoms with Crippen LogP contribution in [0.25, 0.3) is 0 Å². The van der Waals surface area contributed by atoms with Crippen LogP contribution in [0.1, 0.15) is 29.5 Å². The summed E-state index contributed by atoms with van der Waals surface area (Å²) in [6.45, 7) is 0.724. The molecular formula is C22H24N2O4. The molecule has 0 aromatic heterocycles. The number of ether oxygens (including phenoxy) is 1. The fraction of sp³-hybridized carbons (Fsp3) is 0.364. The van der Waals surface area contributed by atoms with Crippen molar-refractivity contribution in [1.82, 2.24) is 5.32 Å². The second-order valence-electron chi connectivity index (χ2n) is 7.44. The smallest absolute Gasteiger partial charge is 0.227 e. The van der Waals surface area contributed by atoms with E-state index < -0.39 is 0 Å². The Balaban J connectivity index is 1.39. The normalized spacial score (nSPS) is 18.2. The summed E-state index contributed by atoms with van der Waals surface area (Å²) in [7, 11) is 1.48. The zero-order chi connectivity index (χ0) is 19.7. The van der Waals surface area contributed by atoms with E-state index in [-0.39, 0.29) is 29.9 Å². The number of phenolic OH excluding ortho intramolecular Hbond substituents is 1. The van der Waals surface area contributed by atoms with Crippen LogP contribution < -0.4 is 15.0 Å². The Labute approximate surface area is 164 Å². The third-order valence-electron chi connectivity index (χ3n) is 5.60. The number of phenols is 1. The molecule has 6 nitrogen and oxygen atoms in total. The first-order valence-corrected chi connectivity index (χ1v) is 9.61. The zero-order valence-corrected chi connectivity index (χ0v) is 15.9. The molecule has 0 spiro atoms. The van der Waals surface area contributed by atoms with Gasteiger partial charge in [-0.15, -0.1) is 0 Å². The number of carbonyl (C=O) groups excluding carboxylic acids is 2. The molecule has 1 unspecified atom stereocenters. The fourth-order valence-electron chi connectivity index (χ4n) is 4.02. The highest BCUT2D eigenvalue weighted by atomic mass is 16.5. The van der Waals surface area contributed by atoms with E-state index in [1.54, 1.807) is 17.0 Å². The van der Waals surface area contributed by atoms with Gasteiger partial charge in [0.25, 0.3) is 0 Å². The quantitative estimate of drug-likeness (QED) is 0.836. The second-order valence-corrected chi connectivity index (χ2v) is 7.44. The van der Waals surface area contributed by atoms with Gasteiger partial charge in [0, 0.05) is 25.2 Å². The van der Waals surface area contributed by atoms with Gasteiger partial charge in [-0.2, -0.15) is 0 Å². The molecule has 1 saturated heterocycles. The van der Waals surface area contributed by atoms with E-state index in [9.17, 15) is 14.7 Å². The number of amides is 2. The third kappa shape index (κ3) is 3.54. The van der Waals surface area contributed by atoms with Crippen LogP contribution in [0.4, 0.5) is 5.69 Å². The van der Waals surface area contributed by atoms with Gasteiger partial charge in [0.1, 0.15) is 0 Å². The minimum absolute atomic E-state index is 0.00982. The van der Waals surface area contributed by atoms with Crippen molar-refractivity contribution >= 4 is 17.5 Å². The minimum Gasteiger partial charge on any atom is -0.504 e. The van der Waals surface area contributed by atoms with Crippen molar-refractivity contribution in [2.24, 2.45) is 5.92 Å². The van der Waals surface area contributed by atoms with Crippen molar-refractivity contribution in [3.05, 3.63) is 53.1 Å². The average Bonchev–Trinajstić information content (AvgIpc) is 3.32. The van der Waals surface area contributed by atoms with Crippen molar-refractivity contribution < 1.29 is 19.4 Å². The molecule has 1 atom stereocenters. The van der Waals surface area contributed by atoms with Crippen LogP contribution in [0.2, 0.25) is 0 Å². The van der Waals surface area contributed by atoms with Gasteiger partial charge in [-0.25, -0.2) is 0 Å². The maximum Gasteiger partial charge on any atom is 0.227 e. The lowest BCUT2D eigenvalue weighted by Crippen LogP contribution is -2.32. The molecule has 2 N–H and O–H groups in total. The molecule has 1 aliphatic heterocycles. The number of hydrogen-bond donors (Lipinski definition) is 2. The largest absolute Gasteiger partial charge is 0.504 e. The van der Waals surface area contributed by atoms with Crippen LogP contribution in [-0.2, 0) is 29.0 Å². The number of methoxy groups -OCH3 is 1. The molecule has 28 heavy (non-hydrogen) atoms. The summed E-state index contributed by atoms with van der Waals surface area (Å²) in [6, 6.07) is 11.2. The SMILES string of the molecule is COc1cc(CNC(=O)C2CC(=O)N(c3ccc4c(c3)CCC4)C2)ccc1O. The number of anilines is 1. The number of fused-ring (bicyclic) bond motifs is 1. The van der Waals surface area contributed by atoms with Crippen LogP contribution in [0.15, 0.2) is 36.4 Å². The van der Waals surface area contributed by atoms with E-state index in [0.29, 0.717) is 18.8 Å². The first-order valence-electron chi connectivity index (χ1n) is 9.61. The Morgan fingerprint density at radius 1 is 1.21 bits per heavy atom. The van der Waals surface area contributed by atoms with Crippen molar-refractivity contribution in [1.29, 1.82) is 0 Å². The zero-order valence-electron chi connectivity index (χ0n) is 15.9. The Kier molecular flexibility index (Phi) is 4.94. The van der Waals surface area contributed by atoms with Gasteiger partial charge >= 0.3 is 0 Å². The van der Waals surface area contributed by atoms with Gasteiger partial charge in [0.2, 0.25) is 11.8 Å². The molecule has 2 aromatic rings. The Morgan fingerprint density at radius 3 is 2.86 bits per heavy atom. The summed E-state index contributed by atoms with van der Waals surface area (Å²) in [5.41, 5.74) is 4.40. The maximum atomic E-state index is 12.6. The van der Waals surface area contributed by atoms with Crippen LogP contribution in [-0.4, -0.2) is 30.6 Å². The number of aromatic hydroxyl groups is 1. The predicted molar refractivity (Wildman–Crippen MR) is 105 cm³/mol. The maximum absolute atomic E-state index is 12.6. The summed E-state index contributed by atoms with van der Waals surface area (Å²) in [4.78, 5) is 26.8. The molecule has 1 aliphatic carbocycles. The number of carbonyl (C=O) groups is 2. The van der Waals surface area contributed by atoms with Crippen LogP contribution in [0, 0.1) is 5.92 Å². The van der Waals surface area contributed by atoms with E-state index in [1.165, 1.54) is 30.7 Å². The van der Waals surface area contributed by atoms with Crippen molar-refractivity contribution in [3.8, 4) is 11.5 Å². The summed E-state index contributed by atoms with van der Waals surface area (Å²) >= 11 is 0. The summed E-state index contributed by atoms with van der Waals surface area (Å²) in [5, 5.41) is 12.5. The standard InChI is InChI=1S/C22H24N2O4/c1-28-20-9-14(5-8-19(20)25)12-23-22(27)17-11-21(26)24(13-17)18-7-6-15-3-2-4-16(15)10-18/h5-10,17,25H,2-4,11-13H2,1H3,(H,23,27). The van der Waals surface area contributed by atoms with Gasteiger partial charge in [0.05, 0.1) is 13.0 Å². The van der Waals surface area contributed by atoms with E-state index in [4.69, 9.17) is 4.74 Å². The molecule has 0 bridgehead atoms. The Morgan fingerprint density at radius 2 is 2.04 bits per heavy atom. The average molecular weight is 380 g/mol. The molecule has 1 fully saturated rings. The lowest BCUT2D eigenvalue weighted by molar-refractivity contribution is -0.126. The van der Waals surface area contributed by atoms with Crippen LogP contribution in [0.3, 0.4) is 0 Å². The third-order valence-corrected chi connectivity index (χ3v) is 5.60. The molecule has 146 valence electrons. The molecule has 1 heterocycles. The molecule has 2 amide bonds. The van der Waals surface area contributed by atoms with Gasteiger partial charge in [-0.05, 0) is 60.2 Å². The summed E-state index contributed by atoms with van der Waals surface area (Å²) in [6.07, 6.45) is 3.56. The number of nitrogens with one attached hydrogen (secondary N) is 1. The molecule has 6 heteroatoms. The van der Waals surface area contributed by atoms with E-state index in [2.05, 4.69) is 17.4 Å². The highest BCUT2D eigenvalue weighted by molar-refractivity contribution is 6.00. The molecule has 2 aromatic carbocycles. The van der Waals surface area contributed by atoms with Crippen LogP contribution >= 0.6 is 0 Å². The van der Waals surface area contributed by atoms with Crippen LogP contribution in [0.5, 0.6) is 11.5 Å². The monoisotopic (exact) mass is 380 g/mol. The number of nitrogens with zero attached hydrogens (tertiary/aromatic N) is 1. The topological polar surface area (TPSA) is 78.9 Å². The second kappa shape index (κ2) is 7.54. The highest BCUT2D eigenvalue weighted by Gasteiger charge is 2.35.